The highest BCUT2D eigenvalue weighted by Crippen LogP contribution is 2.31. The number of benzene rings is 6. The summed E-state index contributed by atoms with van der Waals surface area (Å²) in [4.78, 5) is 167. The molecule has 4 atom stereocenters. The van der Waals surface area contributed by atoms with Gasteiger partial charge in [-0.3, -0.25) is 81.9 Å². The number of carbonyl (C=O) groups excluding carboxylic acids is 13. The second kappa shape index (κ2) is 33.7. The molecule has 0 bridgehead atoms. The van der Waals surface area contributed by atoms with E-state index in [1.54, 1.807) is 6.07 Å². The number of allylic oxidation sites excluding steroid dienone is 4. The topological polar surface area (TPSA) is 347 Å². The minimum absolute atomic E-state index is 0.129. The van der Waals surface area contributed by atoms with Gasteiger partial charge in [-0.1, -0.05) is 136 Å². The van der Waals surface area contributed by atoms with Gasteiger partial charge in [0.25, 0.3) is 47.3 Å². The fourth-order valence-corrected chi connectivity index (χ4v) is 13.4. The highest BCUT2D eigenvalue weighted by Gasteiger charge is 2.45. The molecule has 4 saturated heterocycles. The lowest BCUT2D eigenvalue weighted by atomic mass is 10.0. The molecule has 9 heterocycles. The van der Waals surface area contributed by atoms with Crippen molar-refractivity contribution in [3.05, 3.63) is 277 Å². The first-order valence-corrected chi connectivity index (χ1v) is 35.8. The maximum Gasteiger partial charge on any atom is 0.278 e. The third-order valence-corrected chi connectivity index (χ3v) is 19.2. The number of imide groups is 4. The summed E-state index contributed by atoms with van der Waals surface area (Å²) in [6.45, 7) is 16.7. The van der Waals surface area contributed by atoms with Crippen molar-refractivity contribution in [2.24, 2.45) is 0 Å². The normalized spacial score (nSPS) is 19.8. The number of aromatic amines is 1. The lowest BCUT2D eigenvalue weighted by molar-refractivity contribution is -0.146. The van der Waals surface area contributed by atoms with Gasteiger partial charge in [0.1, 0.15) is 52.7 Å². The predicted molar refractivity (Wildman–Crippen MR) is 411 cm³/mol. The third-order valence-electron chi connectivity index (χ3n) is 19.2. The van der Waals surface area contributed by atoms with Gasteiger partial charge in [-0.15, -0.1) is 0 Å². The van der Waals surface area contributed by atoms with Crippen molar-refractivity contribution >= 4 is 110 Å². The number of ketones is 1. The van der Waals surface area contributed by atoms with Gasteiger partial charge in [-0.2, -0.15) is 0 Å². The van der Waals surface area contributed by atoms with Crippen LogP contribution in [0.4, 0.5) is 22.7 Å². The molecule has 0 aliphatic carbocycles. The standard InChI is InChI=1S/C23H21N3O3.C22H19N3O3.C21H23N3O4.C18H16N4O3/c1-15-7-12-20(22(28)24-15)26-21(27)14-19(23(26)29)25-18-10-8-17(9-11-18)13-16-5-3-2-4-6-16;1-14-7-12-19(21(27)23-14)25-20(26)13-18(22(25)28)24-17-10-8-16(9-11-17)15-5-3-2-4-6-15;1-3-16(25)9-8-14-5-4-6-15(11-14)23-17-12-19(26)24(21(17)28)18-10-7-13(2)22-20(18)27;1-10-2-5-15(17(24)20-10)22-16(23)9-14(18(22)25)21-12-4-3-11-6-7-19-13(11)8-12/h2-6,8-11,14,20,25H,1,7,12-13H2,(H,24,28);2-6,8-11,13,19,24H,1,7,12H2,(H,23,27);4-6,11-12,18,23H,2-3,7-10H2,1H3,(H,22,27);3-4,6-9,15,19,21H,1-2,5H2,(H,20,24). The number of fused-ring (bicyclic) bond motifs is 1. The molecular weight excluding hydrogens is 1400 g/mol. The van der Waals surface area contributed by atoms with Crippen molar-refractivity contribution in [3.8, 4) is 11.1 Å². The summed E-state index contributed by atoms with van der Waals surface area (Å²) < 4.78 is 0. The van der Waals surface area contributed by atoms with E-state index < -0.39 is 77.3 Å². The molecule has 0 spiro atoms. The fraction of sp³-hybridized carbons (Fsp3) is 0.202. The van der Waals surface area contributed by atoms with Crippen molar-refractivity contribution in [1.82, 2.24) is 45.9 Å². The number of amides is 12. The van der Waals surface area contributed by atoms with Crippen molar-refractivity contribution in [2.45, 2.75) is 108 Å². The van der Waals surface area contributed by atoms with Gasteiger partial charge >= 0.3 is 0 Å². The number of rotatable bonds is 19. The zero-order valence-electron chi connectivity index (χ0n) is 60.1. The van der Waals surface area contributed by atoms with Crippen LogP contribution in [0.2, 0.25) is 0 Å². The van der Waals surface area contributed by atoms with Gasteiger partial charge in [-0.05, 0) is 152 Å². The number of nitrogens with zero attached hydrogens (tertiary/aromatic N) is 4. The van der Waals surface area contributed by atoms with Crippen LogP contribution in [0.3, 0.4) is 0 Å². The van der Waals surface area contributed by atoms with Crippen LogP contribution in [0.1, 0.15) is 87.8 Å². The van der Waals surface area contributed by atoms with Crippen molar-refractivity contribution in [2.75, 3.05) is 21.3 Å². The summed E-state index contributed by atoms with van der Waals surface area (Å²) >= 11 is 0. The summed E-state index contributed by atoms with van der Waals surface area (Å²) in [6, 6.07) is 47.1. The first-order chi connectivity index (χ1) is 52.9. The second-order valence-corrected chi connectivity index (χ2v) is 27.0. The fourth-order valence-electron chi connectivity index (χ4n) is 13.4. The molecule has 4 fully saturated rings. The molecule has 7 aromatic rings. The number of Topliss-reactive ketones (excluding diaryl/α,β-unsaturated/α-hetero) is 1. The van der Waals surface area contributed by atoms with E-state index in [2.05, 4.69) is 86.0 Å². The molecule has 4 unspecified atom stereocenters. The number of carbonyl (C=O) groups is 13. The molecule has 9 N–H and O–H groups in total. The lowest BCUT2D eigenvalue weighted by Crippen LogP contribution is -2.52. The van der Waals surface area contributed by atoms with Gasteiger partial charge in [0.05, 0.1) is 0 Å². The molecule has 8 aliphatic rings. The molecule has 26 heteroatoms. The number of aryl methyl sites for hydroxylation is 1. The van der Waals surface area contributed by atoms with Gasteiger partial charge in [-0.25, -0.2) is 0 Å². The maximum atomic E-state index is 12.7. The Morgan fingerprint density at radius 1 is 0.391 bits per heavy atom. The Bertz CT molecular complexity index is 5110. The Kier molecular flexibility index (Phi) is 23.2. The minimum Gasteiger partial charge on any atom is -0.361 e. The monoisotopic (exact) mass is 1480 g/mol. The number of hydrogen-bond acceptors (Lipinski definition) is 17. The molecule has 6 aromatic carbocycles. The second-order valence-electron chi connectivity index (χ2n) is 27.0. The summed E-state index contributed by atoms with van der Waals surface area (Å²) in [7, 11) is 0. The molecule has 12 amide bonds. The van der Waals surface area contributed by atoms with Crippen LogP contribution in [0.5, 0.6) is 0 Å². The van der Waals surface area contributed by atoms with Crippen LogP contribution < -0.4 is 42.5 Å². The number of piperidine rings is 4. The summed E-state index contributed by atoms with van der Waals surface area (Å²) in [5, 5.41) is 23.4. The van der Waals surface area contributed by atoms with Crippen LogP contribution in [0.25, 0.3) is 22.0 Å². The number of nitrogens with one attached hydrogen (secondary N) is 9. The van der Waals surface area contributed by atoms with E-state index in [1.807, 2.05) is 153 Å². The zero-order chi connectivity index (χ0) is 77.9. The quantitative estimate of drug-likeness (QED) is 0.0340. The van der Waals surface area contributed by atoms with E-state index >= 15 is 0 Å². The summed E-state index contributed by atoms with van der Waals surface area (Å²) in [5.74, 6) is -5.29. The Morgan fingerprint density at radius 3 is 1.15 bits per heavy atom. The van der Waals surface area contributed by atoms with Crippen LogP contribution in [-0.4, -0.2) is 125 Å². The number of aromatic nitrogens is 1. The lowest BCUT2D eigenvalue weighted by Gasteiger charge is -2.29. The van der Waals surface area contributed by atoms with Crippen molar-refractivity contribution < 1.29 is 62.3 Å². The Labute approximate surface area is 632 Å². The maximum absolute atomic E-state index is 12.7. The Balaban J connectivity index is 0.000000137. The number of H-pyrrole nitrogens is 1. The van der Waals surface area contributed by atoms with E-state index in [1.165, 1.54) is 29.9 Å². The largest absolute Gasteiger partial charge is 0.361 e. The van der Waals surface area contributed by atoms with E-state index in [0.29, 0.717) is 116 Å². The zero-order valence-corrected chi connectivity index (χ0v) is 60.1. The van der Waals surface area contributed by atoms with Crippen LogP contribution in [0.15, 0.2) is 260 Å². The van der Waals surface area contributed by atoms with E-state index in [0.717, 1.165) is 59.2 Å². The van der Waals surface area contributed by atoms with E-state index in [9.17, 15) is 62.3 Å². The molecule has 1 aromatic heterocycles. The van der Waals surface area contributed by atoms with Crippen LogP contribution in [-0.2, 0) is 75.2 Å². The molecule has 0 saturated carbocycles. The summed E-state index contributed by atoms with van der Waals surface area (Å²) in [5.41, 5.74) is 12.1. The SMILES string of the molecule is C=C1CCC(N2C(=O)C=C(Nc3ccc(-c4ccccc4)cc3)C2=O)C(=O)N1.C=C1CCC(N2C(=O)C=C(Nc3ccc(Cc4ccccc4)cc3)C2=O)C(=O)N1.C=C1CCC(N2C(=O)C=C(Nc3ccc4cc[nH]c4c3)C2=O)C(=O)N1.C=C1CCC(N2C(=O)C=C(Nc3cccc(CCC(=O)CC)c3)C2=O)C(=O)N1. The van der Waals surface area contributed by atoms with Crippen molar-refractivity contribution in [1.29, 1.82) is 0 Å². The average molecular weight is 1480 g/mol. The molecule has 8 aliphatic heterocycles. The number of hydrogen-bond donors (Lipinski definition) is 9. The number of anilines is 4. The smallest absolute Gasteiger partial charge is 0.278 e. The summed E-state index contributed by atoms with van der Waals surface area (Å²) in [6.07, 6.45) is 12.8. The van der Waals surface area contributed by atoms with Crippen LogP contribution in [0, 0.1) is 0 Å². The highest BCUT2D eigenvalue weighted by atomic mass is 16.2. The highest BCUT2D eigenvalue weighted by molar-refractivity contribution is 6.22. The van der Waals surface area contributed by atoms with E-state index in [4.69, 9.17) is 0 Å². The molecule has 15 rings (SSSR count). The first kappa shape index (κ1) is 75.8. The average Bonchev–Trinajstić information content (AvgIpc) is 1.64. The van der Waals surface area contributed by atoms with Gasteiger partial charge in [0.15, 0.2) is 0 Å². The molecule has 110 heavy (non-hydrogen) atoms. The molecular formula is C84H79N13O13. The van der Waals surface area contributed by atoms with Crippen molar-refractivity contribution in [3.63, 3.8) is 0 Å². The minimum atomic E-state index is -0.826. The van der Waals surface area contributed by atoms with Gasteiger partial charge in [0, 0.05) is 94.4 Å². The first-order valence-electron chi connectivity index (χ1n) is 35.8. The van der Waals surface area contributed by atoms with Gasteiger partial charge in [0.2, 0.25) is 23.6 Å². The molecule has 0 radical (unpaired) electrons. The Morgan fingerprint density at radius 2 is 0.745 bits per heavy atom. The Hall–Kier alpha value is -13.9. The van der Waals surface area contributed by atoms with Gasteiger partial charge < -0.3 is 47.5 Å². The van der Waals surface area contributed by atoms with Crippen LogP contribution >= 0.6 is 0 Å². The predicted octanol–water partition coefficient (Wildman–Crippen LogP) is 9.22. The molecule has 26 nitrogen and oxygen atoms in total. The molecule has 558 valence electrons. The third kappa shape index (κ3) is 17.8. The van der Waals surface area contributed by atoms with E-state index in [-0.39, 0.29) is 46.3 Å².